The maximum atomic E-state index is 12.6. The van der Waals surface area contributed by atoms with Gasteiger partial charge in [0.15, 0.2) is 10.9 Å². The lowest BCUT2D eigenvalue weighted by Gasteiger charge is -2.16. The highest BCUT2D eigenvalue weighted by Crippen LogP contribution is 2.28. The van der Waals surface area contributed by atoms with Crippen LogP contribution in [0.2, 0.25) is 0 Å². The SMILES string of the molecule is C[C@@H](Sc1nnc(-c2ccco2)n1Cc1ccccc1)C(=O)NC1CCCC1. The van der Waals surface area contributed by atoms with E-state index in [9.17, 15) is 4.79 Å². The Kier molecular flexibility index (Phi) is 5.81. The van der Waals surface area contributed by atoms with Crippen LogP contribution in [-0.2, 0) is 11.3 Å². The minimum absolute atomic E-state index is 0.0608. The van der Waals surface area contributed by atoms with Gasteiger partial charge in [0.2, 0.25) is 11.7 Å². The number of hydrogen-bond donors (Lipinski definition) is 1. The number of nitrogens with zero attached hydrogens (tertiary/aromatic N) is 3. The Morgan fingerprint density at radius 1 is 1.21 bits per heavy atom. The molecule has 3 aromatic rings. The minimum Gasteiger partial charge on any atom is -0.461 e. The summed E-state index contributed by atoms with van der Waals surface area (Å²) in [7, 11) is 0. The Bertz CT molecular complexity index is 902. The van der Waals surface area contributed by atoms with Gasteiger partial charge in [0.1, 0.15) is 0 Å². The molecule has 4 rings (SSSR count). The first-order valence-electron chi connectivity index (χ1n) is 9.69. The predicted octanol–water partition coefficient (Wildman–Crippen LogP) is 4.13. The molecule has 1 aromatic carbocycles. The van der Waals surface area contributed by atoms with Crippen molar-refractivity contribution in [3.63, 3.8) is 0 Å². The number of carbonyl (C=O) groups is 1. The Morgan fingerprint density at radius 3 is 2.71 bits per heavy atom. The molecule has 1 aliphatic carbocycles. The van der Waals surface area contributed by atoms with Gasteiger partial charge < -0.3 is 9.73 Å². The fourth-order valence-corrected chi connectivity index (χ4v) is 4.33. The molecule has 0 bridgehead atoms. The molecule has 6 nitrogen and oxygen atoms in total. The van der Waals surface area contributed by atoms with Crippen molar-refractivity contribution in [1.82, 2.24) is 20.1 Å². The largest absolute Gasteiger partial charge is 0.461 e. The summed E-state index contributed by atoms with van der Waals surface area (Å²) in [6.07, 6.45) is 6.18. The standard InChI is InChI=1S/C21H24N4O2S/c1-15(20(26)22-17-10-5-6-11-17)28-21-24-23-19(18-12-7-13-27-18)25(21)14-16-8-3-2-4-9-16/h2-4,7-9,12-13,15,17H,5-6,10-11,14H2,1H3,(H,22,26)/t15-/m1/s1. The third kappa shape index (κ3) is 4.30. The van der Waals surface area contributed by atoms with Gasteiger partial charge in [-0.05, 0) is 37.5 Å². The minimum atomic E-state index is -0.247. The highest BCUT2D eigenvalue weighted by molar-refractivity contribution is 8.00. The second-order valence-corrected chi connectivity index (χ2v) is 8.41. The maximum absolute atomic E-state index is 12.6. The van der Waals surface area contributed by atoms with Crippen molar-refractivity contribution < 1.29 is 9.21 Å². The van der Waals surface area contributed by atoms with Crippen molar-refractivity contribution in [3.05, 3.63) is 54.3 Å². The number of furan rings is 1. The molecule has 0 radical (unpaired) electrons. The summed E-state index contributed by atoms with van der Waals surface area (Å²) in [6, 6.07) is 14.2. The summed E-state index contributed by atoms with van der Waals surface area (Å²) >= 11 is 1.43. The molecule has 1 fully saturated rings. The van der Waals surface area contributed by atoms with Crippen LogP contribution in [0, 0.1) is 0 Å². The maximum Gasteiger partial charge on any atom is 0.233 e. The van der Waals surface area contributed by atoms with Crippen LogP contribution in [0.5, 0.6) is 0 Å². The summed E-state index contributed by atoms with van der Waals surface area (Å²) in [5.74, 6) is 1.39. The third-order valence-electron chi connectivity index (χ3n) is 4.99. The van der Waals surface area contributed by atoms with E-state index >= 15 is 0 Å². The molecular weight excluding hydrogens is 372 g/mol. The number of nitrogens with one attached hydrogen (secondary N) is 1. The number of rotatable bonds is 7. The van der Waals surface area contributed by atoms with E-state index in [4.69, 9.17) is 4.42 Å². The first-order chi connectivity index (χ1) is 13.7. The van der Waals surface area contributed by atoms with Crippen LogP contribution < -0.4 is 5.32 Å². The molecule has 0 spiro atoms. The van der Waals surface area contributed by atoms with Crippen molar-refractivity contribution >= 4 is 17.7 Å². The lowest BCUT2D eigenvalue weighted by molar-refractivity contribution is -0.120. The molecule has 0 aliphatic heterocycles. The molecule has 1 saturated carbocycles. The number of amides is 1. The highest BCUT2D eigenvalue weighted by atomic mass is 32.2. The van der Waals surface area contributed by atoms with Crippen LogP contribution in [0.4, 0.5) is 0 Å². The van der Waals surface area contributed by atoms with Crippen LogP contribution in [0.15, 0.2) is 58.3 Å². The molecule has 146 valence electrons. The van der Waals surface area contributed by atoms with E-state index in [2.05, 4.69) is 27.6 Å². The monoisotopic (exact) mass is 396 g/mol. The molecule has 0 saturated heterocycles. The van der Waals surface area contributed by atoms with Gasteiger partial charge >= 0.3 is 0 Å². The average Bonchev–Trinajstić information content (AvgIpc) is 3.46. The predicted molar refractivity (Wildman–Crippen MR) is 109 cm³/mol. The Hall–Kier alpha value is -2.54. The first-order valence-corrected chi connectivity index (χ1v) is 10.6. The lowest BCUT2D eigenvalue weighted by atomic mass is 10.2. The molecule has 1 N–H and O–H groups in total. The average molecular weight is 397 g/mol. The van der Waals surface area contributed by atoms with E-state index < -0.39 is 0 Å². The van der Waals surface area contributed by atoms with Crippen molar-refractivity contribution in [3.8, 4) is 11.6 Å². The van der Waals surface area contributed by atoms with E-state index in [0.29, 0.717) is 29.3 Å². The summed E-state index contributed by atoms with van der Waals surface area (Å²) in [5, 5.41) is 12.3. The zero-order valence-electron chi connectivity index (χ0n) is 15.9. The van der Waals surface area contributed by atoms with Crippen molar-refractivity contribution in [2.75, 3.05) is 0 Å². The van der Waals surface area contributed by atoms with Crippen molar-refractivity contribution in [2.45, 2.75) is 55.6 Å². The smallest absolute Gasteiger partial charge is 0.233 e. The van der Waals surface area contributed by atoms with Crippen LogP contribution in [0.3, 0.4) is 0 Å². The molecule has 1 amide bonds. The van der Waals surface area contributed by atoms with E-state index in [-0.39, 0.29) is 11.2 Å². The summed E-state index contributed by atoms with van der Waals surface area (Å²) in [5.41, 5.74) is 1.14. The summed E-state index contributed by atoms with van der Waals surface area (Å²) in [6.45, 7) is 2.53. The van der Waals surface area contributed by atoms with Gasteiger partial charge in [0.25, 0.3) is 0 Å². The van der Waals surface area contributed by atoms with E-state index in [1.54, 1.807) is 6.26 Å². The van der Waals surface area contributed by atoms with Gasteiger partial charge in [-0.1, -0.05) is 54.9 Å². The highest BCUT2D eigenvalue weighted by Gasteiger charge is 2.24. The molecular formula is C21H24N4O2S. The van der Waals surface area contributed by atoms with Gasteiger partial charge in [-0.3, -0.25) is 9.36 Å². The fraction of sp³-hybridized carbons (Fsp3) is 0.381. The molecule has 2 heterocycles. The van der Waals surface area contributed by atoms with E-state index in [0.717, 1.165) is 18.4 Å². The van der Waals surface area contributed by atoms with Crippen LogP contribution in [-0.4, -0.2) is 32.0 Å². The Balaban J connectivity index is 1.55. The second-order valence-electron chi connectivity index (χ2n) is 7.11. The topological polar surface area (TPSA) is 73.0 Å². The molecule has 1 aliphatic rings. The molecule has 0 unspecified atom stereocenters. The van der Waals surface area contributed by atoms with Gasteiger partial charge in [-0.2, -0.15) is 0 Å². The zero-order valence-corrected chi connectivity index (χ0v) is 16.7. The molecule has 1 atom stereocenters. The quantitative estimate of drug-likeness (QED) is 0.608. The number of benzene rings is 1. The third-order valence-corrected chi connectivity index (χ3v) is 6.08. The Labute approximate surface area is 168 Å². The molecule has 2 aromatic heterocycles. The summed E-state index contributed by atoms with van der Waals surface area (Å²) in [4.78, 5) is 12.6. The first kappa shape index (κ1) is 18.8. The number of aromatic nitrogens is 3. The fourth-order valence-electron chi connectivity index (χ4n) is 3.47. The second kappa shape index (κ2) is 8.65. The van der Waals surface area contributed by atoms with Gasteiger partial charge in [-0.15, -0.1) is 10.2 Å². The van der Waals surface area contributed by atoms with Gasteiger partial charge in [0, 0.05) is 6.04 Å². The molecule has 28 heavy (non-hydrogen) atoms. The van der Waals surface area contributed by atoms with E-state index in [1.807, 2.05) is 41.8 Å². The molecule has 7 heteroatoms. The van der Waals surface area contributed by atoms with Crippen LogP contribution in [0.1, 0.15) is 38.2 Å². The number of hydrogen-bond acceptors (Lipinski definition) is 5. The van der Waals surface area contributed by atoms with Crippen LogP contribution in [0.25, 0.3) is 11.6 Å². The van der Waals surface area contributed by atoms with Crippen molar-refractivity contribution in [2.24, 2.45) is 0 Å². The zero-order chi connectivity index (χ0) is 19.3. The Morgan fingerprint density at radius 2 is 2.00 bits per heavy atom. The lowest BCUT2D eigenvalue weighted by Crippen LogP contribution is -2.37. The summed E-state index contributed by atoms with van der Waals surface area (Å²) < 4.78 is 7.55. The van der Waals surface area contributed by atoms with E-state index in [1.165, 1.54) is 24.6 Å². The normalized spacial score (nSPS) is 15.6. The van der Waals surface area contributed by atoms with Gasteiger partial charge in [0.05, 0.1) is 18.1 Å². The van der Waals surface area contributed by atoms with Crippen LogP contribution >= 0.6 is 11.8 Å². The van der Waals surface area contributed by atoms with Gasteiger partial charge in [-0.25, -0.2) is 0 Å². The number of thioether (sulfide) groups is 1. The van der Waals surface area contributed by atoms with Crippen molar-refractivity contribution in [1.29, 1.82) is 0 Å². The number of carbonyl (C=O) groups excluding carboxylic acids is 1.